The summed E-state index contributed by atoms with van der Waals surface area (Å²) < 4.78 is 4.49. The van der Waals surface area contributed by atoms with Crippen molar-refractivity contribution in [2.24, 2.45) is 14.1 Å². The van der Waals surface area contributed by atoms with Crippen LogP contribution in [0.5, 0.6) is 0 Å². The van der Waals surface area contributed by atoms with E-state index in [4.69, 9.17) is 0 Å². The zero-order valence-corrected chi connectivity index (χ0v) is 14.2. The number of aryl methyl sites for hydroxylation is 2. The Labute approximate surface area is 135 Å². The van der Waals surface area contributed by atoms with Crippen molar-refractivity contribution in [3.63, 3.8) is 0 Å². The number of piperidine rings is 1. The van der Waals surface area contributed by atoms with Gasteiger partial charge in [0.15, 0.2) is 11.2 Å². The predicted molar refractivity (Wildman–Crippen MR) is 89.7 cm³/mol. The van der Waals surface area contributed by atoms with Crippen molar-refractivity contribution in [3.05, 3.63) is 27.2 Å². The summed E-state index contributed by atoms with van der Waals surface area (Å²) in [5.74, 6) is 0. The molecule has 2 aromatic heterocycles. The smallest absolute Gasteiger partial charge is 0.328 e. The first-order chi connectivity index (χ1) is 11.0. The Balaban J connectivity index is 1.81. The van der Waals surface area contributed by atoms with E-state index in [0.29, 0.717) is 23.8 Å². The molecule has 3 rings (SSSR count). The summed E-state index contributed by atoms with van der Waals surface area (Å²) >= 11 is 0. The van der Waals surface area contributed by atoms with Gasteiger partial charge in [0.1, 0.15) is 0 Å². The zero-order valence-electron chi connectivity index (χ0n) is 14.2. The molecule has 1 atom stereocenters. The lowest BCUT2D eigenvalue weighted by atomic mass is 10.0. The van der Waals surface area contributed by atoms with Gasteiger partial charge in [-0.1, -0.05) is 6.42 Å². The third kappa shape index (κ3) is 2.85. The molecule has 1 aliphatic rings. The Morgan fingerprint density at radius 1 is 1.22 bits per heavy atom. The van der Waals surface area contributed by atoms with E-state index in [0.717, 1.165) is 19.5 Å². The number of nitrogens with zero attached hydrogens (tertiary/aromatic N) is 5. The summed E-state index contributed by atoms with van der Waals surface area (Å²) in [7, 11) is 3.45. The van der Waals surface area contributed by atoms with Gasteiger partial charge in [-0.3, -0.25) is 13.9 Å². The first-order valence-electron chi connectivity index (χ1n) is 8.35. The third-order valence-electron chi connectivity index (χ3n) is 4.97. The van der Waals surface area contributed by atoms with E-state index in [1.165, 1.54) is 28.4 Å². The average Bonchev–Trinajstić information content (AvgIpc) is 2.92. The fourth-order valence-corrected chi connectivity index (χ4v) is 3.52. The van der Waals surface area contributed by atoms with Crippen LogP contribution in [0.1, 0.15) is 32.6 Å². The van der Waals surface area contributed by atoms with Crippen LogP contribution in [0.25, 0.3) is 11.2 Å². The number of rotatable bonds is 4. The number of likely N-dealkylation sites (tertiary alicyclic amines) is 1. The molecule has 0 spiro atoms. The minimum Gasteiger partial charge on any atom is -0.328 e. The maximum Gasteiger partial charge on any atom is 0.332 e. The van der Waals surface area contributed by atoms with Crippen LogP contribution in [0.3, 0.4) is 0 Å². The Hall–Kier alpha value is -1.89. The van der Waals surface area contributed by atoms with E-state index in [1.807, 2.05) is 0 Å². The molecule has 0 aromatic carbocycles. The molecular formula is C16H25N5O2. The van der Waals surface area contributed by atoms with Crippen molar-refractivity contribution in [2.75, 3.05) is 13.1 Å². The molecule has 1 fully saturated rings. The van der Waals surface area contributed by atoms with Gasteiger partial charge >= 0.3 is 5.69 Å². The minimum absolute atomic E-state index is 0.241. The molecule has 0 saturated carbocycles. The molecular weight excluding hydrogens is 294 g/mol. The highest BCUT2D eigenvalue weighted by Gasteiger charge is 2.18. The normalized spacial score (nSPS) is 19.5. The van der Waals surface area contributed by atoms with Crippen LogP contribution in [0.15, 0.2) is 15.9 Å². The highest BCUT2D eigenvalue weighted by molar-refractivity contribution is 5.69. The van der Waals surface area contributed by atoms with Crippen LogP contribution in [0, 0.1) is 0 Å². The van der Waals surface area contributed by atoms with E-state index in [1.54, 1.807) is 25.0 Å². The highest BCUT2D eigenvalue weighted by atomic mass is 16.2. The SMILES string of the molecule is C[C@@H]1CCCCN1CCCn1c(=O)c2c(ncn2C)n(C)c1=O. The second-order valence-corrected chi connectivity index (χ2v) is 6.56. The molecule has 0 N–H and O–H groups in total. The van der Waals surface area contributed by atoms with Crippen molar-refractivity contribution in [3.8, 4) is 0 Å². The van der Waals surface area contributed by atoms with Gasteiger partial charge < -0.3 is 9.47 Å². The van der Waals surface area contributed by atoms with Gasteiger partial charge in [0, 0.05) is 33.2 Å². The second kappa shape index (κ2) is 6.31. The summed E-state index contributed by atoms with van der Waals surface area (Å²) in [4.78, 5) is 31.6. The number of hydrogen-bond donors (Lipinski definition) is 0. The summed E-state index contributed by atoms with van der Waals surface area (Å²) in [6, 6.07) is 0.600. The standard InChI is InChI=1S/C16H25N5O2/c1-12-7-4-5-8-20(12)9-6-10-21-15(22)13-14(17-11-18(13)2)19(3)16(21)23/h11-12H,4-10H2,1-3H3/t12-/m1/s1. The molecule has 0 bridgehead atoms. The molecule has 1 saturated heterocycles. The molecule has 126 valence electrons. The largest absolute Gasteiger partial charge is 0.332 e. The molecule has 23 heavy (non-hydrogen) atoms. The maximum atomic E-state index is 12.6. The Bertz CT molecular complexity index is 816. The quantitative estimate of drug-likeness (QED) is 0.832. The number of aromatic nitrogens is 4. The molecule has 0 unspecified atom stereocenters. The second-order valence-electron chi connectivity index (χ2n) is 6.56. The lowest BCUT2D eigenvalue weighted by Gasteiger charge is -2.33. The molecule has 3 heterocycles. The summed E-state index contributed by atoms with van der Waals surface area (Å²) in [5.41, 5.74) is 0.407. The summed E-state index contributed by atoms with van der Waals surface area (Å²) in [6.45, 7) is 4.76. The van der Waals surface area contributed by atoms with Gasteiger partial charge in [-0.25, -0.2) is 9.78 Å². The predicted octanol–water partition coefficient (Wildman–Crippen LogP) is 0.698. The van der Waals surface area contributed by atoms with Gasteiger partial charge in [-0.05, 0) is 32.7 Å². The van der Waals surface area contributed by atoms with Crippen LogP contribution < -0.4 is 11.2 Å². The van der Waals surface area contributed by atoms with Crippen LogP contribution in [0.2, 0.25) is 0 Å². The lowest BCUT2D eigenvalue weighted by molar-refractivity contribution is 0.156. The van der Waals surface area contributed by atoms with Crippen molar-refractivity contribution in [2.45, 2.75) is 45.2 Å². The van der Waals surface area contributed by atoms with Crippen LogP contribution in [-0.4, -0.2) is 42.7 Å². The van der Waals surface area contributed by atoms with E-state index >= 15 is 0 Å². The van der Waals surface area contributed by atoms with E-state index in [9.17, 15) is 9.59 Å². The third-order valence-corrected chi connectivity index (χ3v) is 4.97. The van der Waals surface area contributed by atoms with Crippen molar-refractivity contribution in [1.29, 1.82) is 0 Å². The molecule has 0 amide bonds. The van der Waals surface area contributed by atoms with Crippen molar-refractivity contribution < 1.29 is 0 Å². The molecule has 7 nitrogen and oxygen atoms in total. The van der Waals surface area contributed by atoms with Crippen LogP contribution in [-0.2, 0) is 20.6 Å². The van der Waals surface area contributed by atoms with Crippen LogP contribution >= 0.6 is 0 Å². The molecule has 1 aliphatic heterocycles. The number of hydrogen-bond acceptors (Lipinski definition) is 4. The summed E-state index contributed by atoms with van der Waals surface area (Å²) in [6.07, 6.45) is 6.17. The average molecular weight is 319 g/mol. The first-order valence-corrected chi connectivity index (χ1v) is 8.35. The van der Waals surface area contributed by atoms with E-state index in [2.05, 4.69) is 16.8 Å². The van der Waals surface area contributed by atoms with Crippen LogP contribution in [0.4, 0.5) is 0 Å². The van der Waals surface area contributed by atoms with Gasteiger partial charge in [-0.2, -0.15) is 0 Å². The maximum absolute atomic E-state index is 12.6. The van der Waals surface area contributed by atoms with Gasteiger partial charge in [-0.15, -0.1) is 0 Å². The van der Waals surface area contributed by atoms with Gasteiger partial charge in [0.2, 0.25) is 0 Å². The first kappa shape index (κ1) is 16.0. The van der Waals surface area contributed by atoms with Crippen molar-refractivity contribution in [1.82, 2.24) is 23.6 Å². The number of imidazole rings is 1. The Kier molecular flexibility index (Phi) is 4.39. The van der Waals surface area contributed by atoms with E-state index in [-0.39, 0.29) is 11.2 Å². The zero-order chi connectivity index (χ0) is 16.6. The fraction of sp³-hybridized carbons (Fsp3) is 0.688. The summed E-state index contributed by atoms with van der Waals surface area (Å²) in [5, 5.41) is 0. The molecule has 2 aromatic rings. The van der Waals surface area contributed by atoms with Gasteiger partial charge in [0.05, 0.1) is 6.33 Å². The topological polar surface area (TPSA) is 65.1 Å². The lowest BCUT2D eigenvalue weighted by Crippen LogP contribution is -2.42. The molecule has 0 radical (unpaired) electrons. The monoisotopic (exact) mass is 319 g/mol. The fourth-order valence-electron chi connectivity index (χ4n) is 3.52. The molecule has 7 heteroatoms. The number of fused-ring (bicyclic) bond motifs is 1. The molecule has 0 aliphatic carbocycles. The highest BCUT2D eigenvalue weighted by Crippen LogP contribution is 2.16. The minimum atomic E-state index is -0.284. The van der Waals surface area contributed by atoms with E-state index < -0.39 is 0 Å². The van der Waals surface area contributed by atoms with Crippen molar-refractivity contribution >= 4 is 11.2 Å². The van der Waals surface area contributed by atoms with Gasteiger partial charge in [0.25, 0.3) is 5.56 Å². The Morgan fingerprint density at radius 2 is 2.00 bits per heavy atom. The Morgan fingerprint density at radius 3 is 2.74 bits per heavy atom.